The molecule has 0 aliphatic carbocycles. The summed E-state index contributed by atoms with van der Waals surface area (Å²) in [6, 6.07) is 8.17. The minimum atomic E-state index is 0.265. The van der Waals surface area contributed by atoms with E-state index in [4.69, 9.17) is 4.74 Å². The summed E-state index contributed by atoms with van der Waals surface area (Å²) in [5, 5.41) is 0. The van der Waals surface area contributed by atoms with Crippen molar-refractivity contribution in [2.24, 2.45) is 5.92 Å². The molecule has 1 saturated heterocycles. The van der Waals surface area contributed by atoms with Gasteiger partial charge in [0.1, 0.15) is 0 Å². The number of likely N-dealkylation sites (tertiary alicyclic amines) is 1. The highest BCUT2D eigenvalue weighted by Gasteiger charge is 2.25. The van der Waals surface area contributed by atoms with Crippen LogP contribution in [0.1, 0.15) is 18.4 Å². The number of methoxy groups -OCH3 is 1. The number of amides is 1. The molecule has 1 aliphatic heterocycles. The summed E-state index contributed by atoms with van der Waals surface area (Å²) in [7, 11) is 1.72. The van der Waals surface area contributed by atoms with Gasteiger partial charge in [-0.3, -0.25) is 4.79 Å². The fourth-order valence-corrected chi connectivity index (χ4v) is 2.76. The van der Waals surface area contributed by atoms with Crippen molar-refractivity contribution in [1.29, 1.82) is 0 Å². The van der Waals surface area contributed by atoms with Gasteiger partial charge in [-0.1, -0.05) is 28.1 Å². The Kier molecular flexibility index (Phi) is 5.40. The predicted octanol–water partition coefficient (Wildman–Crippen LogP) is 2.88. The third-order valence-corrected chi connectivity index (χ3v) is 4.11. The zero-order valence-electron chi connectivity index (χ0n) is 11.3. The summed E-state index contributed by atoms with van der Waals surface area (Å²) in [5.41, 5.74) is 1.21. The summed E-state index contributed by atoms with van der Waals surface area (Å²) in [6.07, 6.45) is 2.48. The van der Waals surface area contributed by atoms with Crippen LogP contribution < -0.4 is 0 Å². The summed E-state index contributed by atoms with van der Waals surface area (Å²) >= 11 is 3.41. The van der Waals surface area contributed by atoms with Gasteiger partial charge < -0.3 is 9.64 Å². The van der Waals surface area contributed by atoms with Crippen LogP contribution in [0, 0.1) is 5.92 Å². The molecule has 3 nitrogen and oxygen atoms in total. The second-order valence-corrected chi connectivity index (χ2v) is 5.99. The standard InChI is InChI=1S/C15H20BrNO2/c1-19-11-13-8-9-17(10-13)15(18)7-4-12-2-5-14(16)6-3-12/h2-3,5-6,13H,4,7-11H2,1H3. The lowest BCUT2D eigenvalue weighted by atomic mass is 10.1. The van der Waals surface area contributed by atoms with Crippen molar-refractivity contribution in [3.8, 4) is 0 Å². The maximum absolute atomic E-state index is 12.1. The number of halogens is 1. The number of benzene rings is 1. The van der Waals surface area contributed by atoms with E-state index < -0.39 is 0 Å². The first kappa shape index (κ1) is 14.5. The van der Waals surface area contributed by atoms with Gasteiger partial charge in [-0.25, -0.2) is 0 Å². The Bertz CT molecular complexity index is 419. The number of nitrogens with zero attached hydrogens (tertiary/aromatic N) is 1. The second kappa shape index (κ2) is 7.06. The Morgan fingerprint density at radius 1 is 1.42 bits per heavy atom. The Morgan fingerprint density at radius 3 is 2.84 bits per heavy atom. The fraction of sp³-hybridized carbons (Fsp3) is 0.533. The summed E-state index contributed by atoms with van der Waals surface area (Å²) in [4.78, 5) is 14.1. The Hall–Kier alpha value is -0.870. The first-order valence-electron chi connectivity index (χ1n) is 6.70. The molecule has 0 radical (unpaired) electrons. The summed E-state index contributed by atoms with van der Waals surface area (Å²) in [5.74, 6) is 0.781. The van der Waals surface area contributed by atoms with Gasteiger partial charge in [0, 0.05) is 37.0 Å². The van der Waals surface area contributed by atoms with Crippen LogP contribution in [0.15, 0.2) is 28.7 Å². The molecule has 0 aromatic heterocycles. The van der Waals surface area contributed by atoms with Crippen molar-refractivity contribution in [1.82, 2.24) is 4.90 Å². The number of hydrogen-bond donors (Lipinski definition) is 0. The zero-order valence-corrected chi connectivity index (χ0v) is 12.9. The average molecular weight is 326 g/mol. The molecule has 0 bridgehead atoms. The van der Waals surface area contributed by atoms with E-state index in [1.807, 2.05) is 17.0 Å². The molecular formula is C15H20BrNO2. The van der Waals surface area contributed by atoms with Crippen molar-refractivity contribution >= 4 is 21.8 Å². The lowest BCUT2D eigenvalue weighted by Crippen LogP contribution is -2.29. The van der Waals surface area contributed by atoms with Crippen LogP contribution in [0.3, 0.4) is 0 Å². The van der Waals surface area contributed by atoms with Gasteiger partial charge in [0.25, 0.3) is 0 Å². The van der Waals surface area contributed by atoms with E-state index in [2.05, 4.69) is 28.1 Å². The molecule has 104 valence electrons. The van der Waals surface area contributed by atoms with Crippen LogP contribution in [0.4, 0.5) is 0 Å². The normalized spacial score (nSPS) is 18.8. The van der Waals surface area contributed by atoms with E-state index in [0.29, 0.717) is 12.3 Å². The third-order valence-electron chi connectivity index (χ3n) is 3.58. The molecule has 1 aromatic carbocycles. The highest BCUT2D eigenvalue weighted by Crippen LogP contribution is 2.18. The predicted molar refractivity (Wildman–Crippen MR) is 79.0 cm³/mol. The molecule has 0 saturated carbocycles. The number of carbonyl (C=O) groups is 1. The van der Waals surface area contributed by atoms with Gasteiger partial charge in [0.15, 0.2) is 0 Å². The number of carbonyl (C=O) groups excluding carboxylic acids is 1. The highest BCUT2D eigenvalue weighted by molar-refractivity contribution is 9.10. The van der Waals surface area contributed by atoms with Gasteiger partial charge in [0.05, 0.1) is 6.61 Å². The van der Waals surface area contributed by atoms with Crippen molar-refractivity contribution in [2.45, 2.75) is 19.3 Å². The van der Waals surface area contributed by atoms with Crippen molar-refractivity contribution in [3.05, 3.63) is 34.3 Å². The van der Waals surface area contributed by atoms with E-state index in [0.717, 1.165) is 37.0 Å². The quantitative estimate of drug-likeness (QED) is 0.833. The molecule has 19 heavy (non-hydrogen) atoms. The maximum atomic E-state index is 12.1. The van der Waals surface area contributed by atoms with Gasteiger partial charge in [-0.2, -0.15) is 0 Å². The van der Waals surface area contributed by atoms with Crippen LogP contribution in [0.5, 0.6) is 0 Å². The smallest absolute Gasteiger partial charge is 0.222 e. The Labute approximate surface area is 123 Å². The van der Waals surface area contributed by atoms with Gasteiger partial charge in [0.2, 0.25) is 5.91 Å². The van der Waals surface area contributed by atoms with Gasteiger partial charge in [-0.05, 0) is 30.5 Å². The molecular weight excluding hydrogens is 306 g/mol. The minimum absolute atomic E-state index is 0.265. The lowest BCUT2D eigenvalue weighted by Gasteiger charge is -2.16. The molecule has 1 atom stereocenters. The van der Waals surface area contributed by atoms with Crippen LogP contribution in [0.25, 0.3) is 0 Å². The van der Waals surface area contributed by atoms with Crippen LogP contribution in [-0.2, 0) is 16.0 Å². The molecule has 0 spiro atoms. The number of ether oxygens (including phenoxy) is 1. The lowest BCUT2D eigenvalue weighted by molar-refractivity contribution is -0.130. The first-order chi connectivity index (χ1) is 9.19. The van der Waals surface area contributed by atoms with E-state index in [9.17, 15) is 4.79 Å². The zero-order chi connectivity index (χ0) is 13.7. The molecule has 1 aromatic rings. The summed E-state index contributed by atoms with van der Waals surface area (Å²) in [6.45, 7) is 2.50. The minimum Gasteiger partial charge on any atom is -0.384 e. The van der Waals surface area contributed by atoms with Crippen molar-refractivity contribution in [3.63, 3.8) is 0 Å². The molecule has 1 heterocycles. The maximum Gasteiger partial charge on any atom is 0.222 e. The Morgan fingerprint density at radius 2 is 2.16 bits per heavy atom. The summed E-state index contributed by atoms with van der Waals surface area (Å²) < 4.78 is 6.23. The topological polar surface area (TPSA) is 29.5 Å². The monoisotopic (exact) mass is 325 g/mol. The molecule has 1 fully saturated rings. The number of rotatable bonds is 5. The van der Waals surface area contributed by atoms with Crippen molar-refractivity contribution in [2.75, 3.05) is 26.8 Å². The Balaban J connectivity index is 1.77. The fourth-order valence-electron chi connectivity index (χ4n) is 2.49. The molecule has 0 N–H and O–H groups in total. The SMILES string of the molecule is COCC1CCN(C(=O)CCc2ccc(Br)cc2)C1. The first-order valence-corrected chi connectivity index (χ1v) is 7.49. The van der Waals surface area contributed by atoms with E-state index in [1.54, 1.807) is 7.11 Å². The third kappa shape index (κ3) is 4.32. The average Bonchev–Trinajstić information content (AvgIpc) is 2.87. The van der Waals surface area contributed by atoms with Crippen molar-refractivity contribution < 1.29 is 9.53 Å². The van der Waals surface area contributed by atoms with Gasteiger partial charge >= 0.3 is 0 Å². The number of hydrogen-bond acceptors (Lipinski definition) is 2. The molecule has 1 aliphatic rings. The van der Waals surface area contributed by atoms with Gasteiger partial charge in [-0.15, -0.1) is 0 Å². The van der Waals surface area contributed by atoms with E-state index in [1.165, 1.54) is 5.56 Å². The van der Waals surface area contributed by atoms with E-state index in [-0.39, 0.29) is 5.91 Å². The molecule has 1 amide bonds. The molecule has 4 heteroatoms. The second-order valence-electron chi connectivity index (χ2n) is 5.08. The molecule has 1 unspecified atom stereocenters. The van der Waals surface area contributed by atoms with Crippen LogP contribution >= 0.6 is 15.9 Å². The number of aryl methyl sites for hydroxylation is 1. The van der Waals surface area contributed by atoms with E-state index >= 15 is 0 Å². The highest BCUT2D eigenvalue weighted by atomic mass is 79.9. The van der Waals surface area contributed by atoms with Crippen LogP contribution in [0.2, 0.25) is 0 Å². The molecule has 2 rings (SSSR count). The largest absolute Gasteiger partial charge is 0.384 e. The van der Waals surface area contributed by atoms with Crippen LogP contribution in [-0.4, -0.2) is 37.6 Å².